The van der Waals surface area contributed by atoms with Crippen LogP contribution in [0.4, 0.5) is 4.79 Å². The van der Waals surface area contributed by atoms with E-state index in [9.17, 15) is 4.79 Å². The molecular weight excluding hydrogens is 164 g/mol. The summed E-state index contributed by atoms with van der Waals surface area (Å²) in [6.45, 7) is 5.10. The van der Waals surface area contributed by atoms with Crippen LogP contribution in [0.5, 0.6) is 0 Å². The molecule has 0 unspecified atom stereocenters. The van der Waals surface area contributed by atoms with E-state index in [-0.39, 0.29) is 6.10 Å². The standard InChI is InChI=1S/C7H12O5/c1-4-5(10-6(8)9)12-7(2,3)11-4/h4-5H,1-3H3,(H,8,9)/t4-,5-/m0/s1. The first-order valence-corrected chi connectivity index (χ1v) is 3.66. The van der Waals surface area contributed by atoms with Crippen LogP contribution in [0.25, 0.3) is 0 Å². The van der Waals surface area contributed by atoms with Crippen molar-refractivity contribution in [3.8, 4) is 0 Å². The molecule has 2 atom stereocenters. The third kappa shape index (κ3) is 2.09. The topological polar surface area (TPSA) is 65.0 Å². The monoisotopic (exact) mass is 176 g/mol. The first kappa shape index (κ1) is 9.28. The zero-order valence-corrected chi connectivity index (χ0v) is 7.23. The van der Waals surface area contributed by atoms with Crippen molar-refractivity contribution in [3.05, 3.63) is 0 Å². The van der Waals surface area contributed by atoms with Crippen LogP contribution in [0.2, 0.25) is 0 Å². The van der Waals surface area contributed by atoms with E-state index in [4.69, 9.17) is 14.6 Å². The molecule has 5 heteroatoms. The van der Waals surface area contributed by atoms with Crippen molar-refractivity contribution in [1.82, 2.24) is 0 Å². The van der Waals surface area contributed by atoms with Gasteiger partial charge in [-0.25, -0.2) is 4.79 Å². The smallest absolute Gasteiger partial charge is 0.450 e. The van der Waals surface area contributed by atoms with Crippen molar-refractivity contribution in [1.29, 1.82) is 0 Å². The molecule has 1 fully saturated rings. The van der Waals surface area contributed by atoms with Gasteiger partial charge in [-0.1, -0.05) is 0 Å². The summed E-state index contributed by atoms with van der Waals surface area (Å²) in [5, 5.41) is 8.30. The minimum Gasteiger partial charge on any atom is -0.450 e. The quantitative estimate of drug-likeness (QED) is 0.607. The van der Waals surface area contributed by atoms with Crippen LogP contribution >= 0.6 is 0 Å². The molecule has 1 aliphatic heterocycles. The van der Waals surface area contributed by atoms with E-state index in [0.717, 1.165) is 0 Å². The summed E-state index contributed by atoms with van der Waals surface area (Å²) in [6.07, 6.45) is -2.54. The second kappa shape index (κ2) is 2.91. The molecule has 5 nitrogen and oxygen atoms in total. The molecule has 1 rings (SSSR count). The summed E-state index contributed by atoms with van der Waals surface area (Å²) < 4.78 is 14.8. The van der Waals surface area contributed by atoms with Gasteiger partial charge >= 0.3 is 6.16 Å². The van der Waals surface area contributed by atoms with Gasteiger partial charge in [0.1, 0.15) is 6.10 Å². The maximum atomic E-state index is 10.2. The molecule has 1 saturated heterocycles. The van der Waals surface area contributed by atoms with Crippen LogP contribution in [-0.4, -0.2) is 29.4 Å². The molecule has 0 aliphatic carbocycles. The van der Waals surface area contributed by atoms with Gasteiger partial charge in [0, 0.05) is 0 Å². The average Bonchev–Trinajstić information content (AvgIpc) is 2.03. The van der Waals surface area contributed by atoms with Crippen LogP contribution in [0, 0.1) is 0 Å². The van der Waals surface area contributed by atoms with Crippen molar-refractivity contribution in [3.63, 3.8) is 0 Å². The molecule has 1 aliphatic rings. The normalized spacial score (nSPS) is 33.2. The number of rotatable bonds is 1. The van der Waals surface area contributed by atoms with Gasteiger partial charge in [-0.15, -0.1) is 0 Å². The second-order valence-corrected chi connectivity index (χ2v) is 3.09. The summed E-state index contributed by atoms with van der Waals surface area (Å²) in [7, 11) is 0. The summed E-state index contributed by atoms with van der Waals surface area (Å²) in [6, 6.07) is 0. The van der Waals surface area contributed by atoms with Crippen molar-refractivity contribution in [2.45, 2.75) is 39.0 Å². The van der Waals surface area contributed by atoms with Crippen LogP contribution in [0.3, 0.4) is 0 Å². The molecular formula is C7H12O5. The molecule has 0 aromatic heterocycles. The van der Waals surface area contributed by atoms with Crippen LogP contribution in [-0.2, 0) is 14.2 Å². The number of carboxylic acid groups (broad SMARTS) is 1. The van der Waals surface area contributed by atoms with E-state index in [0.29, 0.717) is 0 Å². The van der Waals surface area contributed by atoms with E-state index in [2.05, 4.69) is 4.74 Å². The Hall–Kier alpha value is -0.810. The van der Waals surface area contributed by atoms with E-state index < -0.39 is 18.2 Å². The minimum atomic E-state index is -1.35. The minimum absolute atomic E-state index is 0.365. The average molecular weight is 176 g/mol. The van der Waals surface area contributed by atoms with Gasteiger partial charge < -0.3 is 19.3 Å². The molecule has 0 radical (unpaired) electrons. The maximum Gasteiger partial charge on any atom is 0.508 e. The second-order valence-electron chi connectivity index (χ2n) is 3.09. The molecule has 1 heterocycles. The fourth-order valence-corrected chi connectivity index (χ4v) is 1.13. The molecule has 1 N–H and O–H groups in total. The lowest BCUT2D eigenvalue weighted by Crippen LogP contribution is -2.26. The predicted octanol–water partition coefficient (Wildman–Crippen LogP) is 1.18. The van der Waals surface area contributed by atoms with Crippen molar-refractivity contribution < 1.29 is 24.1 Å². The molecule has 0 saturated carbocycles. The van der Waals surface area contributed by atoms with Gasteiger partial charge in [0.25, 0.3) is 0 Å². The largest absolute Gasteiger partial charge is 0.508 e. The lowest BCUT2D eigenvalue weighted by molar-refractivity contribution is -0.178. The Bertz CT molecular complexity index is 188. The van der Waals surface area contributed by atoms with E-state index >= 15 is 0 Å². The van der Waals surface area contributed by atoms with E-state index in [1.807, 2.05) is 0 Å². The maximum absolute atomic E-state index is 10.2. The molecule has 0 aromatic carbocycles. The fraction of sp³-hybridized carbons (Fsp3) is 0.857. The first-order valence-electron chi connectivity index (χ1n) is 3.66. The summed E-state index contributed by atoms with van der Waals surface area (Å²) in [4.78, 5) is 10.2. The number of hydrogen-bond donors (Lipinski definition) is 1. The lowest BCUT2D eigenvalue weighted by Gasteiger charge is -2.15. The molecule has 0 spiro atoms. The summed E-state index contributed by atoms with van der Waals surface area (Å²) in [5.74, 6) is -0.764. The van der Waals surface area contributed by atoms with Crippen molar-refractivity contribution >= 4 is 6.16 Å². The molecule has 0 aromatic rings. The SMILES string of the molecule is C[C@@H]1OC(C)(C)O[C@@H]1OC(=O)O. The molecule has 70 valence electrons. The van der Waals surface area contributed by atoms with E-state index in [1.165, 1.54) is 0 Å². The highest BCUT2D eigenvalue weighted by Gasteiger charge is 2.41. The summed E-state index contributed by atoms with van der Waals surface area (Å²) >= 11 is 0. The molecule has 0 amide bonds. The predicted molar refractivity (Wildman–Crippen MR) is 38.6 cm³/mol. The Morgan fingerprint density at radius 2 is 2.08 bits per heavy atom. The highest BCUT2D eigenvalue weighted by Crippen LogP contribution is 2.28. The third-order valence-corrected chi connectivity index (χ3v) is 1.47. The van der Waals surface area contributed by atoms with Crippen molar-refractivity contribution in [2.75, 3.05) is 0 Å². The lowest BCUT2D eigenvalue weighted by atomic mass is 10.4. The zero-order chi connectivity index (χ0) is 9.35. The Balaban J connectivity index is 2.52. The van der Waals surface area contributed by atoms with Crippen molar-refractivity contribution in [2.24, 2.45) is 0 Å². The van der Waals surface area contributed by atoms with Gasteiger partial charge in [0.15, 0.2) is 5.79 Å². The highest BCUT2D eigenvalue weighted by atomic mass is 16.8. The first-order chi connectivity index (χ1) is 5.41. The van der Waals surface area contributed by atoms with Gasteiger partial charge in [0.05, 0.1) is 0 Å². The van der Waals surface area contributed by atoms with Crippen LogP contribution < -0.4 is 0 Å². The number of carbonyl (C=O) groups is 1. The van der Waals surface area contributed by atoms with Crippen LogP contribution in [0.15, 0.2) is 0 Å². The fourth-order valence-electron chi connectivity index (χ4n) is 1.13. The summed E-state index contributed by atoms with van der Waals surface area (Å²) in [5.41, 5.74) is 0. The van der Waals surface area contributed by atoms with Gasteiger partial charge in [0.2, 0.25) is 6.29 Å². The number of hydrogen-bond acceptors (Lipinski definition) is 4. The zero-order valence-electron chi connectivity index (χ0n) is 7.23. The van der Waals surface area contributed by atoms with Gasteiger partial charge in [-0.2, -0.15) is 0 Å². The Morgan fingerprint density at radius 3 is 2.42 bits per heavy atom. The Kier molecular flexibility index (Phi) is 2.25. The molecule has 12 heavy (non-hydrogen) atoms. The Labute approximate surface area is 70.2 Å². The molecule has 0 bridgehead atoms. The van der Waals surface area contributed by atoms with Gasteiger partial charge in [-0.3, -0.25) is 0 Å². The third-order valence-electron chi connectivity index (χ3n) is 1.47. The van der Waals surface area contributed by atoms with Crippen LogP contribution in [0.1, 0.15) is 20.8 Å². The highest BCUT2D eigenvalue weighted by molar-refractivity contribution is 5.57. The van der Waals surface area contributed by atoms with Gasteiger partial charge in [-0.05, 0) is 20.8 Å². The Morgan fingerprint density at radius 1 is 1.50 bits per heavy atom. The van der Waals surface area contributed by atoms with E-state index in [1.54, 1.807) is 20.8 Å². The number of ether oxygens (including phenoxy) is 3.